The van der Waals surface area contributed by atoms with Crippen molar-refractivity contribution in [2.24, 2.45) is 0 Å². The van der Waals surface area contributed by atoms with Crippen molar-refractivity contribution in [1.82, 2.24) is 10.2 Å². The maximum absolute atomic E-state index is 12.4. The lowest BCUT2D eigenvalue weighted by molar-refractivity contribution is -0.906. The van der Waals surface area contributed by atoms with Crippen LogP contribution in [0.2, 0.25) is 0 Å². The lowest BCUT2D eigenvalue weighted by Crippen LogP contribution is -3.14. The van der Waals surface area contributed by atoms with Gasteiger partial charge in [-0.25, -0.2) is 0 Å². The minimum Gasteiger partial charge on any atom is -0.370 e. The van der Waals surface area contributed by atoms with Gasteiger partial charge in [0.05, 0.1) is 26.3 Å². The second-order valence-corrected chi connectivity index (χ2v) is 6.46. The fourth-order valence-electron chi connectivity index (χ4n) is 2.86. The predicted octanol–water partition coefficient (Wildman–Crippen LogP) is 0.370. The second kappa shape index (κ2) is 10.3. The van der Waals surface area contributed by atoms with E-state index in [0.717, 1.165) is 45.1 Å². The van der Waals surface area contributed by atoms with Gasteiger partial charge in [0.1, 0.15) is 13.1 Å². The fraction of sp³-hybridized carbons (Fsp3) is 0.556. The number of benzene rings is 1. The molecule has 25 heavy (non-hydrogen) atoms. The maximum atomic E-state index is 12.4. The number of carbonyl (C=O) groups excluding carboxylic acids is 1. The van der Waals surface area contributed by atoms with Gasteiger partial charge in [-0.2, -0.15) is 0 Å². The summed E-state index contributed by atoms with van der Waals surface area (Å²) in [4.78, 5) is 15.8. The molecule has 1 fully saturated rings. The summed E-state index contributed by atoms with van der Waals surface area (Å²) in [6.07, 6.45) is 0. The number of quaternary nitrogens is 1. The molecule has 138 valence electrons. The van der Waals surface area contributed by atoms with Gasteiger partial charge in [-0.05, 0) is 44.3 Å². The van der Waals surface area contributed by atoms with Gasteiger partial charge in [-0.15, -0.1) is 0 Å². The minimum atomic E-state index is 0.0449. The smallest absolute Gasteiger partial charge is 0.253 e. The fourth-order valence-corrected chi connectivity index (χ4v) is 3.08. The van der Waals surface area contributed by atoms with Crippen LogP contribution < -0.4 is 15.5 Å². The van der Waals surface area contributed by atoms with Gasteiger partial charge >= 0.3 is 0 Å². The number of rotatable bonds is 7. The van der Waals surface area contributed by atoms with E-state index in [4.69, 9.17) is 17.0 Å². The molecular formula is C18H29N4O2S+. The molecule has 1 amide bonds. The molecule has 1 aromatic carbocycles. The van der Waals surface area contributed by atoms with Gasteiger partial charge in [-0.1, -0.05) is 6.07 Å². The minimum absolute atomic E-state index is 0.0449. The average molecular weight is 366 g/mol. The third-order valence-corrected chi connectivity index (χ3v) is 4.63. The van der Waals surface area contributed by atoms with Crippen molar-refractivity contribution in [2.75, 3.05) is 57.8 Å². The molecule has 0 bridgehead atoms. The van der Waals surface area contributed by atoms with Crippen molar-refractivity contribution in [1.29, 1.82) is 0 Å². The molecule has 0 aliphatic carbocycles. The average Bonchev–Trinajstić information content (AvgIpc) is 2.63. The molecule has 0 aromatic heterocycles. The third-order valence-electron chi connectivity index (χ3n) is 4.38. The van der Waals surface area contributed by atoms with Crippen LogP contribution in [-0.4, -0.2) is 68.4 Å². The Labute approximate surface area is 155 Å². The standard InChI is InChI=1S/C18H28N4O2S/c1-3-22(4-2)17(23)15-6-5-7-16(14-15)20-18(25)19-8-9-21-10-12-24-13-11-21/h5-7,14H,3-4,8-13H2,1-2H3,(H2,19,20,25)/p+1. The monoisotopic (exact) mass is 365 g/mol. The number of amides is 1. The van der Waals surface area contributed by atoms with Gasteiger partial charge in [0, 0.05) is 24.3 Å². The number of nitrogens with zero attached hydrogens (tertiary/aromatic N) is 1. The van der Waals surface area contributed by atoms with E-state index in [1.165, 1.54) is 4.90 Å². The first-order valence-electron chi connectivity index (χ1n) is 8.99. The Bertz CT molecular complexity index is 572. The van der Waals surface area contributed by atoms with Gasteiger partial charge in [0.15, 0.2) is 5.11 Å². The van der Waals surface area contributed by atoms with Crippen LogP contribution in [0.3, 0.4) is 0 Å². The molecule has 2 rings (SSSR count). The number of thiocarbonyl (C=S) groups is 1. The van der Waals surface area contributed by atoms with Gasteiger partial charge < -0.3 is 25.2 Å². The Morgan fingerprint density at radius 2 is 2.00 bits per heavy atom. The highest BCUT2D eigenvalue weighted by Crippen LogP contribution is 2.12. The summed E-state index contributed by atoms with van der Waals surface area (Å²) in [5.74, 6) is 0.0449. The van der Waals surface area contributed by atoms with Crippen molar-refractivity contribution in [2.45, 2.75) is 13.8 Å². The number of hydrogen-bond donors (Lipinski definition) is 3. The van der Waals surface area contributed by atoms with Crippen molar-refractivity contribution >= 4 is 28.9 Å². The first kappa shape index (κ1) is 19.6. The molecule has 3 N–H and O–H groups in total. The van der Waals surface area contributed by atoms with Crippen LogP contribution in [0.4, 0.5) is 5.69 Å². The van der Waals surface area contributed by atoms with Gasteiger partial charge in [0.25, 0.3) is 5.91 Å². The highest BCUT2D eigenvalue weighted by molar-refractivity contribution is 7.80. The van der Waals surface area contributed by atoms with Crippen molar-refractivity contribution < 1.29 is 14.4 Å². The maximum Gasteiger partial charge on any atom is 0.253 e. The molecule has 1 heterocycles. The van der Waals surface area contributed by atoms with Crippen LogP contribution >= 0.6 is 12.2 Å². The van der Waals surface area contributed by atoms with E-state index >= 15 is 0 Å². The van der Waals surface area contributed by atoms with Crippen LogP contribution in [0.1, 0.15) is 24.2 Å². The summed E-state index contributed by atoms with van der Waals surface area (Å²) >= 11 is 5.36. The molecule has 7 heteroatoms. The van der Waals surface area contributed by atoms with Crippen LogP contribution in [0, 0.1) is 0 Å². The predicted molar refractivity (Wildman–Crippen MR) is 104 cm³/mol. The summed E-state index contributed by atoms with van der Waals surface area (Å²) in [5.41, 5.74) is 1.50. The first-order valence-corrected chi connectivity index (χ1v) is 9.40. The van der Waals surface area contributed by atoms with Crippen molar-refractivity contribution in [3.05, 3.63) is 29.8 Å². The topological polar surface area (TPSA) is 58.0 Å². The molecule has 0 atom stereocenters. The summed E-state index contributed by atoms with van der Waals surface area (Å²) in [6.45, 7) is 11.0. The SMILES string of the molecule is CCN(CC)C(=O)c1cccc(NC(=S)NCC[NH+]2CCOCC2)c1. The lowest BCUT2D eigenvalue weighted by atomic mass is 10.1. The number of anilines is 1. The molecule has 1 saturated heterocycles. The van der Waals surface area contributed by atoms with E-state index in [2.05, 4.69) is 10.6 Å². The molecule has 0 spiro atoms. The molecule has 1 aliphatic rings. The molecular weight excluding hydrogens is 336 g/mol. The largest absolute Gasteiger partial charge is 0.370 e. The molecule has 1 aliphatic heterocycles. The normalized spacial score (nSPS) is 14.8. The Morgan fingerprint density at radius 1 is 1.28 bits per heavy atom. The number of ether oxygens (including phenoxy) is 1. The number of hydrogen-bond acceptors (Lipinski definition) is 3. The van der Waals surface area contributed by atoms with Gasteiger partial charge in [0.2, 0.25) is 0 Å². The van der Waals surface area contributed by atoms with Crippen molar-refractivity contribution in [3.8, 4) is 0 Å². The van der Waals surface area contributed by atoms with E-state index in [1.807, 2.05) is 38.1 Å². The molecule has 0 radical (unpaired) electrons. The highest BCUT2D eigenvalue weighted by atomic mass is 32.1. The number of morpholine rings is 1. The van der Waals surface area contributed by atoms with Gasteiger partial charge in [-0.3, -0.25) is 4.79 Å². The lowest BCUT2D eigenvalue weighted by Gasteiger charge is -2.24. The summed E-state index contributed by atoms with van der Waals surface area (Å²) in [7, 11) is 0. The molecule has 0 saturated carbocycles. The quantitative estimate of drug-likeness (QED) is 0.610. The zero-order valence-corrected chi connectivity index (χ0v) is 16.0. The summed E-state index contributed by atoms with van der Waals surface area (Å²) in [6, 6.07) is 7.48. The second-order valence-electron chi connectivity index (χ2n) is 6.05. The molecule has 1 aromatic rings. The van der Waals surface area contributed by atoms with Crippen LogP contribution in [-0.2, 0) is 4.74 Å². The first-order chi connectivity index (χ1) is 12.1. The summed E-state index contributed by atoms with van der Waals surface area (Å²) < 4.78 is 5.36. The van der Waals surface area contributed by atoms with E-state index in [9.17, 15) is 4.79 Å². The molecule has 0 unspecified atom stereocenters. The van der Waals surface area contributed by atoms with E-state index in [0.29, 0.717) is 23.8 Å². The zero-order valence-electron chi connectivity index (χ0n) is 15.1. The number of carbonyl (C=O) groups is 1. The van der Waals surface area contributed by atoms with Crippen molar-refractivity contribution in [3.63, 3.8) is 0 Å². The van der Waals surface area contributed by atoms with E-state index in [1.54, 1.807) is 4.90 Å². The van der Waals surface area contributed by atoms with E-state index in [-0.39, 0.29) is 5.91 Å². The third kappa shape index (κ3) is 6.26. The number of nitrogens with one attached hydrogen (secondary N) is 3. The molecule has 6 nitrogen and oxygen atoms in total. The Kier molecular flexibility index (Phi) is 8.11. The van der Waals surface area contributed by atoms with E-state index < -0.39 is 0 Å². The van der Waals surface area contributed by atoms with Crippen LogP contribution in [0.25, 0.3) is 0 Å². The Balaban J connectivity index is 1.82. The Morgan fingerprint density at radius 3 is 2.68 bits per heavy atom. The van der Waals surface area contributed by atoms with Crippen LogP contribution in [0.15, 0.2) is 24.3 Å². The zero-order chi connectivity index (χ0) is 18.1. The highest BCUT2D eigenvalue weighted by Gasteiger charge is 2.14. The Hall–Kier alpha value is -1.70. The van der Waals surface area contributed by atoms with Crippen LogP contribution in [0.5, 0.6) is 0 Å². The summed E-state index contributed by atoms with van der Waals surface area (Å²) in [5, 5.41) is 6.98.